The van der Waals surface area contributed by atoms with Gasteiger partial charge < -0.3 is 10.3 Å². The summed E-state index contributed by atoms with van der Waals surface area (Å²) in [5.41, 5.74) is -0.0621. The molecule has 0 aliphatic carbocycles. The Morgan fingerprint density at radius 1 is 1.26 bits per heavy atom. The highest BCUT2D eigenvalue weighted by molar-refractivity contribution is 9.10. The molecule has 3 aromatic rings. The zero-order chi connectivity index (χ0) is 13.2. The molecule has 5 heteroatoms. The topological polar surface area (TPSA) is 44.9 Å². The van der Waals surface area contributed by atoms with Gasteiger partial charge in [-0.25, -0.2) is 0 Å². The lowest BCUT2D eigenvalue weighted by Crippen LogP contribution is -2.10. The third kappa shape index (κ3) is 2.72. The SMILES string of the molecule is O=c1[nH]c(NCc2cc(Br)cs2)cc2ccccc12. The summed E-state index contributed by atoms with van der Waals surface area (Å²) in [7, 11) is 0. The van der Waals surface area contributed by atoms with Crippen LogP contribution >= 0.6 is 27.3 Å². The molecule has 2 N–H and O–H groups in total. The maximum absolute atomic E-state index is 11.9. The first-order valence-corrected chi connectivity index (χ1v) is 7.48. The van der Waals surface area contributed by atoms with E-state index in [2.05, 4.69) is 32.3 Å². The van der Waals surface area contributed by atoms with Gasteiger partial charge in [0, 0.05) is 20.1 Å². The number of aromatic nitrogens is 1. The maximum atomic E-state index is 11.9. The largest absolute Gasteiger partial charge is 0.367 e. The summed E-state index contributed by atoms with van der Waals surface area (Å²) < 4.78 is 1.08. The van der Waals surface area contributed by atoms with Crippen molar-refractivity contribution in [3.05, 3.63) is 61.5 Å². The van der Waals surface area contributed by atoms with Gasteiger partial charge in [0.2, 0.25) is 0 Å². The number of rotatable bonds is 3. The number of benzene rings is 1. The van der Waals surface area contributed by atoms with Gasteiger partial charge in [-0.3, -0.25) is 4.79 Å². The van der Waals surface area contributed by atoms with Gasteiger partial charge >= 0.3 is 0 Å². The van der Waals surface area contributed by atoms with Crippen molar-refractivity contribution in [2.45, 2.75) is 6.54 Å². The standard InChI is InChI=1S/C14H11BrN2OS/c15-10-6-11(19-8-10)7-16-13-5-9-3-1-2-4-12(9)14(18)17-13/h1-6,8H,7H2,(H2,16,17,18). The van der Waals surface area contributed by atoms with Crippen LogP contribution in [0.5, 0.6) is 0 Å². The predicted octanol–water partition coefficient (Wildman–Crippen LogP) is 3.96. The Balaban J connectivity index is 1.87. The highest BCUT2D eigenvalue weighted by atomic mass is 79.9. The lowest BCUT2D eigenvalue weighted by Gasteiger charge is -2.06. The fourth-order valence-electron chi connectivity index (χ4n) is 1.93. The van der Waals surface area contributed by atoms with Crippen molar-refractivity contribution in [3.8, 4) is 0 Å². The quantitative estimate of drug-likeness (QED) is 0.761. The summed E-state index contributed by atoms with van der Waals surface area (Å²) in [4.78, 5) is 16.0. The molecule has 0 bridgehead atoms. The molecule has 0 unspecified atom stereocenters. The molecule has 2 aromatic heterocycles. The molecule has 19 heavy (non-hydrogen) atoms. The Hall–Kier alpha value is -1.59. The molecule has 0 atom stereocenters. The van der Waals surface area contributed by atoms with E-state index in [0.29, 0.717) is 11.9 Å². The number of halogens is 1. The second-order valence-electron chi connectivity index (χ2n) is 4.18. The Bertz CT molecular complexity index is 778. The van der Waals surface area contributed by atoms with Crippen LogP contribution in [0.4, 0.5) is 5.82 Å². The van der Waals surface area contributed by atoms with Crippen LogP contribution in [-0.2, 0) is 6.54 Å². The van der Waals surface area contributed by atoms with Gasteiger partial charge in [0.25, 0.3) is 5.56 Å². The molecule has 1 aromatic carbocycles. The molecule has 3 nitrogen and oxygen atoms in total. The third-order valence-electron chi connectivity index (χ3n) is 2.83. The fraction of sp³-hybridized carbons (Fsp3) is 0.0714. The summed E-state index contributed by atoms with van der Waals surface area (Å²) in [5.74, 6) is 0.744. The van der Waals surface area contributed by atoms with Gasteiger partial charge in [0.15, 0.2) is 0 Å². The molecule has 0 aliphatic heterocycles. The van der Waals surface area contributed by atoms with Crippen molar-refractivity contribution in [3.63, 3.8) is 0 Å². The van der Waals surface area contributed by atoms with Gasteiger partial charge in [-0.1, -0.05) is 18.2 Å². The monoisotopic (exact) mass is 334 g/mol. The van der Waals surface area contributed by atoms with Crippen LogP contribution in [0.2, 0.25) is 0 Å². The van der Waals surface area contributed by atoms with Gasteiger partial charge in [0.1, 0.15) is 5.82 Å². The summed E-state index contributed by atoms with van der Waals surface area (Å²) in [6.07, 6.45) is 0. The van der Waals surface area contributed by atoms with E-state index >= 15 is 0 Å². The van der Waals surface area contributed by atoms with Crippen molar-refractivity contribution >= 4 is 43.9 Å². The van der Waals surface area contributed by atoms with E-state index in [0.717, 1.165) is 15.7 Å². The molecule has 0 saturated heterocycles. The summed E-state index contributed by atoms with van der Waals surface area (Å²) in [6, 6.07) is 11.6. The molecule has 96 valence electrons. The molecule has 2 heterocycles. The maximum Gasteiger partial charge on any atom is 0.257 e. The van der Waals surface area contributed by atoms with Crippen LogP contribution in [0.3, 0.4) is 0 Å². The van der Waals surface area contributed by atoms with Crippen LogP contribution in [0.15, 0.2) is 51.0 Å². The molecule has 0 radical (unpaired) electrons. The zero-order valence-corrected chi connectivity index (χ0v) is 12.3. The number of fused-ring (bicyclic) bond motifs is 1. The summed E-state index contributed by atoms with van der Waals surface area (Å²) in [6.45, 7) is 0.699. The van der Waals surface area contributed by atoms with Crippen LogP contribution in [0, 0.1) is 0 Å². The zero-order valence-electron chi connectivity index (χ0n) is 9.94. The number of anilines is 1. The van der Waals surface area contributed by atoms with Crippen molar-refractivity contribution < 1.29 is 0 Å². The highest BCUT2D eigenvalue weighted by Gasteiger charge is 2.02. The minimum absolute atomic E-state index is 0.0621. The smallest absolute Gasteiger partial charge is 0.257 e. The first-order chi connectivity index (χ1) is 9.22. The first kappa shape index (κ1) is 12.4. The normalized spacial score (nSPS) is 10.8. The molecule has 0 aliphatic rings. The average molecular weight is 335 g/mol. The molecule has 0 saturated carbocycles. The lowest BCUT2D eigenvalue weighted by atomic mass is 10.2. The van der Waals surface area contributed by atoms with E-state index in [9.17, 15) is 4.79 Å². The van der Waals surface area contributed by atoms with Crippen LogP contribution < -0.4 is 10.9 Å². The Labute approximate surface area is 122 Å². The van der Waals surface area contributed by atoms with E-state index in [1.807, 2.05) is 35.7 Å². The van der Waals surface area contributed by atoms with Crippen molar-refractivity contribution in [2.24, 2.45) is 0 Å². The second kappa shape index (κ2) is 5.19. The number of H-pyrrole nitrogens is 1. The highest BCUT2D eigenvalue weighted by Crippen LogP contribution is 2.21. The van der Waals surface area contributed by atoms with E-state index < -0.39 is 0 Å². The van der Waals surface area contributed by atoms with E-state index in [1.165, 1.54) is 4.88 Å². The average Bonchev–Trinajstić information content (AvgIpc) is 2.82. The van der Waals surface area contributed by atoms with Crippen molar-refractivity contribution in [1.82, 2.24) is 4.98 Å². The third-order valence-corrected chi connectivity index (χ3v) is 4.53. The van der Waals surface area contributed by atoms with Gasteiger partial charge in [-0.2, -0.15) is 0 Å². The van der Waals surface area contributed by atoms with E-state index in [4.69, 9.17) is 0 Å². The number of pyridine rings is 1. The predicted molar refractivity (Wildman–Crippen MR) is 83.9 cm³/mol. The number of hydrogen-bond donors (Lipinski definition) is 2. The fourth-order valence-corrected chi connectivity index (χ4v) is 3.33. The molecule has 3 rings (SSSR count). The Morgan fingerprint density at radius 3 is 2.89 bits per heavy atom. The first-order valence-electron chi connectivity index (χ1n) is 5.81. The lowest BCUT2D eigenvalue weighted by molar-refractivity contribution is 1.13. The van der Waals surface area contributed by atoms with E-state index in [-0.39, 0.29) is 5.56 Å². The number of hydrogen-bond acceptors (Lipinski definition) is 3. The molecular formula is C14H11BrN2OS. The molecule has 0 amide bonds. The Morgan fingerprint density at radius 2 is 2.11 bits per heavy atom. The van der Waals surface area contributed by atoms with E-state index in [1.54, 1.807) is 11.3 Å². The summed E-state index contributed by atoms with van der Waals surface area (Å²) >= 11 is 5.10. The minimum atomic E-state index is -0.0621. The second-order valence-corrected chi connectivity index (χ2v) is 6.10. The minimum Gasteiger partial charge on any atom is -0.367 e. The van der Waals surface area contributed by atoms with Crippen LogP contribution in [0.1, 0.15) is 4.88 Å². The molecule has 0 fully saturated rings. The summed E-state index contributed by atoms with van der Waals surface area (Å²) in [5, 5.41) is 6.94. The van der Waals surface area contributed by atoms with Gasteiger partial charge in [-0.15, -0.1) is 11.3 Å². The number of aromatic amines is 1. The van der Waals surface area contributed by atoms with Gasteiger partial charge in [-0.05, 0) is 39.5 Å². The number of nitrogens with one attached hydrogen (secondary N) is 2. The molecule has 0 spiro atoms. The van der Waals surface area contributed by atoms with Gasteiger partial charge in [0.05, 0.1) is 6.54 Å². The van der Waals surface area contributed by atoms with Crippen molar-refractivity contribution in [2.75, 3.05) is 5.32 Å². The van der Waals surface area contributed by atoms with Crippen molar-refractivity contribution in [1.29, 1.82) is 0 Å². The van der Waals surface area contributed by atoms with Crippen LogP contribution in [0.25, 0.3) is 10.8 Å². The Kier molecular flexibility index (Phi) is 3.40. The number of thiophene rings is 1. The molecular weight excluding hydrogens is 324 g/mol. The van der Waals surface area contributed by atoms with Crippen LogP contribution in [-0.4, -0.2) is 4.98 Å².